The molecule has 0 radical (unpaired) electrons. The van der Waals surface area contributed by atoms with E-state index < -0.39 is 11.6 Å². The summed E-state index contributed by atoms with van der Waals surface area (Å²) in [5.41, 5.74) is 0.482. The average Bonchev–Trinajstić information content (AvgIpc) is 2.20. The van der Waals surface area contributed by atoms with E-state index >= 15 is 0 Å². The summed E-state index contributed by atoms with van der Waals surface area (Å²) >= 11 is 5.68. The van der Waals surface area contributed by atoms with Crippen LogP contribution in [-0.2, 0) is 6.54 Å². The van der Waals surface area contributed by atoms with Gasteiger partial charge in [0.05, 0.1) is 0 Å². The highest BCUT2D eigenvalue weighted by Gasteiger charge is 2.11. The molecule has 1 rings (SSSR count). The normalized spacial score (nSPS) is 13.2. The molecule has 0 saturated carbocycles. The molecule has 0 amide bonds. The highest BCUT2D eigenvalue weighted by molar-refractivity contribution is 6.18. The Kier molecular flexibility index (Phi) is 4.48. The van der Waals surface area contributed by atoms with Crippen LogP contribution < -0.4 is 0 Å². The van der Waals surface area contributed by atoms with Crippen molar-refractivity contribution in [1.29, 1.82) is 0 Å². The molecule has 15 heavy (non-hydrogen) atoms. The lowest BCUT2D eigenvalue weighted by Crippen LogP contribution is -2.30. The maximum absolute atomic E-state index is 13.3. The summed E-state index contributed by atoms with van der Waals surface area (Å²) in [6, 6.07) is 3.78. The smallest absolute Gasteiger partial charge is 0.130 e. The van der Waals surface area contributed by atoms with Gasteiger partial charge in [0.2, 0.25) is 0 Å². The number of alkyl halides is 1. The van der Waals surface area contributed by atoms with Crippen LogP contribution in [-0.4, -0.2) is 23.9 Å². The summed E-state index contributed by atoms with van der Waals surface area (Å²) in [5.74, 6) is -0.577. The Morgan fingerprint density at radius 2 is 2.07 bits per heavy atom. The molecule has 1 aromatic carbocycles. The Balaban J connectivity index is 2.72. The maximum Gasteiger partial charge on any atom is 0.130 e. The Bertz CT molecular complexity index is 330. The zero-order valence-corrected chi connectivity index (χ0v) is 9.56. The molecule has 0 heterocycles. The quantitative estimate of drug-likeness (QED) is 0.723. The van der Waals surface area contributed by atoms with Crippen molar-refractivity contribution in [2.24, 2.45) is 0 Å². The largest absolute Gasteiger partial charge is 0.298 e. The van der Waals surface area contributed by atoms with Crippen molar-refractivity contribution in [3.8, 4) is 0 Å². The van der Waals surface area contributed by atoms with Crippen molar-refractivity contribution in [1.82, 2.24) is 4.90 Å². The SMILES string of the molecule is CC(CCl)N(C)Cc1ccc(F)cc1F. The molecule has 1 unspecified atom stereocenters. The fraction of sp³-hybridized carbons (Fsp3) is 0.455. The molecule has 4 heteroatoms. The monoisotopic (exact) mass is 233 g/mol. The second-order valence-corrected chi connectivity index (χ2v) is 3.96. The second kappa shape index (κ2) is 5.42. The first-order valence-corrected chi connectivity index (χ1v) is 5.28. The van der Waals surface area contributed by atoms with Gasteiger partial charge in [0.15, 0.2) is 0 Å². The molecule has 1 atom stereocenters. The van der Waals surface area contributed by atoms with E-state index in [1.165, 1.54) is 12.1 Å². The van der Waals surface area contributed by atoms with Gasteiger partial charge in [-0.25, -0.2) is 8.78 Å². The molecular weight excluding hydrogens is 220 g/mol. The lowest BCUT2D eigenvalue weighted by molar-refractivity contribution is 0.264. The van der Waals surface area contributed by atoms with E-state index in [9.17, 15) is 8.78 Å². The molecule has 0 fully saturated rings. The van der Waals surface area contributed by atoms with Crippen LogP contribution in [0.5, 0.6) is 0 Å². The Morgan fingerprint density at radius 1 is 1.40 bits per heavy atom. The minimum atomic E-state index is -0.552. The highest BCUT2D eigenvalue weighted by atomic mass is 35.5. The molecular formula is C11H14ClF2N. The van der Waals surface area contributed by atoms with Crippen molar-refractivity contribution in [2.75, 3.05) is 12.9 Å². The maximum atomic E-state index is 13.3. The predicted molar refractivity (Wildman–Crippen MR) is 58.0 cm³/mol. The molecule has 84 valence electrons. The fourth-order valence-corrected chi connectivity index (χ4v) is 1.43. The number of hydrogen-bond donors (Lipinski definition) is 0. The molecule has 0 aromatic heterocycles. The van der Waals surface area contributed by atoms with Crippen LogP contribution in [0.4, 0.5) is 8.78 Å². The molecule has 1 nitrogen and oxygen atoms in total. The minimum Gasteiger partial charge on any atom is -0.298 e. The van der Waals surface area contributed by atoms with Gasteiger partial charge in [0.1, 0.15) is 11.6 Å². The van der Waals surface area contributed by atoms with Gasteiger partial charge in [0.25, 0.3) is 0 Å². The number of halogens is 3. The fourth-order valence-electron chi connectivity index (χ4n) is 1.19. The topological polar surface area (TPSA) is 3.24 Å². The van der Waals surface area contributed by atoms with Crippen LogP contribution in [0.25, 0.3) is 0 Å². The van der Waals surface area contributed by atoms with Gasteiger partial charge in [-0.1, -0.05) is 6.07 Å². The van der Waals surface area contributed by atoms with E-state index in [2.05, 4.69) is 0 Å². The van der Waals surface area contributed by atoms with E-state index in [4.69, 9.17) is 11.6 Å². The second-order valence-electron chi connectivity index (χ2n) is 3.65. The van der Waals surface area contributed by atoms with Crippen LogP contribution in [0.15, 0.2) is 18.2 Å². The minimum absolute atomic E-state index is 0.163. The third-order valence-corrected chi connectivity index (χ3v) is 2.86. The van der Waals surface area contributed by atoms with Crippen LogP contribution in [0.2, 0.25) is 0 Å². The van der Waals surface area contributed by atoms with E-state index in [1.54, 1.807) is 0 Å². The summed E-state index contributed by atoms with van der Waals surface area (Å²) in [5, 5.41) is 0. The molecule has 0 aliphatic heterocycles. The lowest BCUT2D eigenvalue weighted by Gasteiger charge is -2.22. The van der Waals surface area contributed by atoms with Gasteiger partial charge in [-0.2, -0.15) is 0 Å². The van der Waals surface area contributed by atoms with Crippen molar-refractivity contribution in [3.05, 3.63) is 35.4 Å². The first-order chi connectivity index (χ1) is 7.04. The van der Waals surface area contributed by atoms with Gasteiger partial charge in [-0.15, -0.1) is 11.6 Å². The average molecular weight is 234 g/mol. The van der Waals surface area contributed by atoms with Crippen LogP contribution in [0.3, 0.4) is 0 Å². The van der Waals surface area contributed by atoms with Crippen LogP contribution in [0, 0.1) is 11.6 Å². The van der Waals surface area contributed by atoms with Crippen molar-refractivity contribution < 1.29 is 8.78 Å². The summed E-state index contributed by atoms with van der Waals surface area (Å²) in [7, 11) is 1.86. The van der Waals surface area contributed by atoms with E-state index in [1.807, 2.05) is 18.9 Å². The molecule has 0 aliphatic rings. The first-order valence-electron chi connectivity index (χ1n) is 4.74. The third-order valence-electron chi connectivity index (χ3n) is 2.41. The first kappa shape index (κ1) is 12.4. The standard InChI is InChI=1S/C11H14ClF2N/c1-8(6-12)15(2)7-9-3-4-10(13)5-11(9)14/h3-5,8H,6-7H2,1-2H3. The Labute approximate surface area is 93.7 Å². The van der Waals surface area contributed by atoms with Crippen LogP contribution in [0.1, 0.15) is 12.5 Å². The zero-order chi connectivity index (χ0) is 11.4. The summed E-state index contributed by atoms with van der Waals surface area (Å²) in [6.07, 6.45) is 0. The number of benzene rings is 1. The molecule has 0 spiro atoms. The summed E-state index contributed by atoms with van der Waals surface area (Å²) < 4.78 is 25.9. The lowest BCUT2D eigenvalue weighted by atomic mass is 10.2. The van der Waals surface area contributed by atoms with Gasteiger partial charge in [-0.3, -0.25) is 4.90 Å². The van der Waals surface area contributed by atoms with Gasteiger partial charge < -0.3 is 0 Å². The van der Waals surface area contributed by atoms with Gasteiger partial charge in [0, 0.05) is 30.1 Å². The zero-order valence-electron chi connectivity index (χ0n) is 8.80. The van der Waals surface area contributed by atoms with Gasteiger partial charge in [-0.05, 0) is 20.0 Å². The molecule has 1 aromatic rings. The number of hydrogen-bond acceptors (Lipinski definition) is 1. The van der Waals surface area contributed by atoms with Crippen molar-refractivity contribution in [3.63, 3.8) is 0 Å². The Hall–Kier alpha value is -0.670. The van der Waals surface area contributed by atoms with Crippen molar-refractivity contribution >= 4 is 11.6 Å². The molecule has 0 bridgehead atoms. The molecule has 0 N–H and O–H groups in total. The number of rotatable bonds is 4. The number of nitrogens with zero attached hydrogens (tertiary/aromatic N) is 1. The Morgan fingerprint density at radius 3 is 2.60 bits per heavy atom. The highest BCUT2D eigenvalue weighted by Crippen LogP contribution is 2.13. The van der Waals surface area contributed by atoms with Crippen LogP contribution >= 0.6 is 11.6 Å². The van der Waals surface area contributed by atoms with Gasteiger partial charge >= 0.3 is 0 Å². The molecule has 0 aliphatic carbocycles. The summed E-state index contributed by atoms with van der Waals surface area (Å²) in [6.45, 7) is 2.38. The predicted octanol–water partition coefficient (Wildman–Crippen LogP) is 3.02. The summed E-state index contributed by atoms with van der Waals surface area (Å²) in [4.78, 5) is 1.92. The van der Waals surface area contributed by atoms with E-state index in [0.717, 1.165) is 6.07 Å². The van der Waals surface area contributed by atoms with Crippen molar-refractivity contribution in [2.45, 2.75) is 19.5 Å². The van der Waals surface area contributed by atoms with E-state index in [0.29, 0.717) is 18.0 Å². The third kappa shape index (κ3) is 3.43. The van der Waals surface area contributed by atoms with E-state index in [-0.39, 0.29) is 6.04 Å². The molecule has 0 saturated heterocycles.